The second-order valence-corrected chi connectivity index (χ2v) is 3.96. The minimum Gasteiger partial charge on any atom is -0.403 e. The van der Waals surface area contributed by atoms with E-state index >= 15 is 0 Å². The Morgan fingerprint density at radius 1 is 1.26 bits per heavy atom. The van der Waals surface area contributed by atoms with Gasteiger partial charge in [-0.1, -0.05) is 0 Å². The van der Waals surface area contributed by atoms with Gasteiger partial charge in [0.05, 0.1) is 17.7 Å². The van der Waals surface area contributed by atoms with E-state index in [1.807, 2.05) is 16.8 Å². The van der Waals surface area contributed by atoms with E-state index in [1.54, 1.807) is 24.8 Å². The van der Waals surface area contributed by atoms with Crippen molar-refractivity contribution < 1.29 is 0 Å². The highest BCUT2D eigenvalue weighted by molar-refractivity contribution is 5.73. The van der Waals surface area contributed by atoms with Crippen molar-refractivity contribution in [3.63, 3.8) is 0 Å². The molecule has 6 nitrogen and oxygen atoms in total. The second-order valence-electron chi connectivity index (χ2n) is 3.96. The molecule has 1 aromatic carbocycles. The molecule has 0 fully saturated rings. The van der Waals surface area contributed by atoms with Crippen LogP contribution in [0.5, 0.6) is 0 Å². The lowest BCUT2D eigenvalue weighted by Crippen LogP contribution is -2.03. The van der Waals surface area contributed by atoms with Crippen molar-refractivity contribution in [2.45, 2.75) is 6.42 Å². The van der Waals surface area contributed by atoms with Crippen LogP contribution in [0.1, 0.15) is 5.56 Å². The third-order valence-corrected chi connectivity index (χ3v) is 2.66. The largest absolute Gasteiger partial charge is 0.403 e. The molecule has 19 heavy (non-hydrogen) atoms. The fourth-order valence-corrected chi connectivity index (χ4v) is 1.73. The topological polar surface area (TPSA) is 108 Å². The Morgan fingerprint density at radius 3 is 2.79 bits per heavy atom. The fraction of sp³-hybridized carbons (Fsp3) is 0.0769. The number of anilines is 2. The summed E-state index contributed by atoms with van der Waals surface area (Å²) in [6.45, 7) is 0. The van der Waals surface area contributed by atoms with Crippen LogP contribution in [0.4, 0.5) is 11.4 Å². The van der Waals surface area contributed by atoms with Crippen molar-refractivity contribution in [1.82, 2.24) is 9.55 Å². The highest BCUT2D eigenvalue weighted by Gasteiger charge is 2.06. The summed E-state index contributed by atoms with van der Waals surface area (Å²) < 4.78 is 1.84. The quantitative estimate of drug-likeness (QED) is 0.561. The Hall–Kier alpha value is -2.76. The van der Waals surface area contributed by atoms with E-state index in [2.05, 4.69) is 9.98 Å². The number of imidazole rings is 1. The fourth-order valence-electron chi connectivity index (χ4n) is 1.73. The first-order valence-corrected chi connectivity index (χ1v) is 5.77. The van der Waals surface area contributed by atoms with Crippen LogP contribution in [0.15, 0.2) is 48.2 Å². The minimum absolute atomic E-state index is 0.609. The van der Waals surface area contributed by atoms with E-state index in [0.717, 1.165) is 11.3 Å². The van der Waals surface area contributed by atoms with E-state index in [-0.39, 0.29) is 0 Å². The van der Waals surface area contributed by atoms with Gasteiger partial charge in [0.2, 0.25) is 0 Å². The summed E-state index contributed by atoms with van der Waals surface area (Å²) in [5.41, 5.74) is 20.2. The Labute approximate surface area is 111 Å². The maximum Gasteiger partial charge on any atom is 0.0992 e. The molecule has 0 radical (unpaired) electrons. The van der Waals surface area contributed by atoms with E-state index in [1.165, 1.54) is 12.4 Å². The second kappa shape index (κ2) is 5.72. The molecule has 1 aromatic heterocycles. The molecule has 98 valence electrons. The third-order valence-electron chi connectivity index (χ3n) is 2.66. The Balaban J connectivity index is 2.32. The zero-order valence-corrected chi connectivity index (χ0v) is 10.4. The van der Waals surface area contributed by atoms with Crippen molar-refractivity contribution in [2.24, 2.45) is 10.7 Å². The smallest absolute Gasteiger partial charge is 0.0992 e. The highest BCUT2D eigenvalue weighted by Crippen LogP contribution is 2.24. The van der Waals surface area contributed by atoms with Gasteiger partial charge in [0, 0.05) is 43.1 Å². The molecule has 0 saturated heterocycles. The van der Waals surface area contributed by atoms with Crippen LogP contribution < -0.4 is 17.2 Å². The molecule has 0 aliphatic rings. The summed E-state index contributed by atoms with van der Waals surface area (Å²) in [7, 11) is 0. The van der Waals surface area contributed by atoms with Gasteiger partial charge in [0.1, 0.15) is 0 Å². The van der Waals surface area contributed by atoms with Gasteiger partial charge >= 0.3 is 0 Å². The summed E-state index contributed by atoms with van der Waals surface area (Å²) in [4.78, 5) is 8.01. The van der Waals surface area contributed by atoms with E-state index in [0.29, 0.717) is 17.8 Å². The maximum absolute atomic E-state index is 5.97. The maximum atomic E-state index is 5.97. The molecule has 0 aliphatic carbocycles. The van der Waals surface area contributed by atoms with E-state index < -0.39 is 0 Å². The number of nitrogens with two attached hydrogens (primary N) is 3. The van der Waals surface area contributed by atoms with Crippen LogP contribution in [0.2, 0.25) is 0 Å². The lowest BCUT2D eigenvalue weighted by atomic mass is 10.1. The standard InChI is InChI=1S/C13H16N6/c14-2-4-17-3-1-10-7-13(12(16)8-11(10)15)19-6-5-18-9-19/h2-9H,1,14-16H2/b4-2-,17-3?. The summed E-state index contributed by atoms with van der Waals surface area (Å²) in [6, 6.07) is 3.68. The average Bonchev–Trinajstić information content (AvgIpc) is 2.90. The zero-order valence-electron chi connectivity index (χ0n) is 10.4. The van der Waals surface area contributed by atoms with Gasteiger partial charge in [0.25, 0.3) is 0 Å². The van der Waals surface area contributed by atoms with Gasteiger partial charge in [-0.15, -0.1) is 0 Å². The first-order chi connectivity index (χ1) is 9.22. The third kappa shape index (κ3) is 2.92. The van der Waals surface area contributed by atoms with E-state index in [4.69, 9.17) is 17.2 Å². The molecule has 0 atom stereocenters. The summed E-state index contributed by atoms with van der Waals surface area (Å²) in [5.74, 6) is 0. The van der Waals surface area contributed by atoms with Crippen LogP contribution in [-0.4, -0.2) is 15.8 Å². The van der Waals surface area contributed by atoms with Gasteiger partial charge in [0.15, 0.2) is 0 Å². The van der Waals surface area contributed by atoms with Gasteiger partial charge in [-0.2, -0.15) is 0 Å². The molecule has 1 heterocycles. The van der Waals surface area contributed by atoms with Gasteiger partial charge in [-0.3, -0.25) is 4.99 Å². The lowest BCUT2D eigenvalue weighted by Gasteiger charge is -2.11. The number of hydrogen-bond acceptors (Lipinski definition) is 5. The monoisotopic (exact) mass is 256 g/mol. The van der Waals surface area contributed by atoms with Crippen LogP contribution in [0.3, 0.4) is 0 Å². The van der Waals surface area contributed by atoms with Crippen molar-refractivity contribution in [3.8, 4) is 5.69 Å². The Kier molecular flexibility index (Phi) is 3.82. The molecule has 0 bridgehead atoms. The molecule has 6 heteroatoms. The average molecular weight is 256 g/mol. The molecule has 6 N–H and O–H groups in total. The van der Waals surface area contributed by atoms with Crippen LogP contribution in [0.25, 0.3) is 5.69 Å². The minimum atomic E-state index is 0.609. The predicted molar refractivity (Wildman–Crippen MR) is 77.9 cm³/mol. The molecule has 2 aromatic rings. The molecule has 0 amide bonds. The van der Waals surface area contributed by atoms with Crippen LogP contribution in [-0.2, 0) is 6.42 Å². The Morgan fingerprint density at radius 2 is 2.11 bits per heavy atom. The van der Waals surface area contributed by atoms with E-state index in [9.17, 15) is 0 Å². The van der Waals surface area contributed by atoms with Crippen molar-refractivity contribution in [2.75, 3.05) is 11.5 Å². The summed E-state index contributed by atoms with van der Waals surface area (Å²) in [6.07, 6.45) is 10.5. The van der Waals surface area contributed by atoms with Crippen LogP contribution >= 0.6 is 0 Å². The molecular weight excluding hydrogens is 240 g/mol. The molecule has 0 aliphatic heterocycles. The SMILES string of the molecule is N/C=C\N=CCc1cc(-n2ccnc2)c(N)cc1N. The number of nitrogens with zero attached hydrogens (tertiary/aromatic N) is 3. The van der Waals surface area contributed by atoms with Gasteiger partial charge in [-0.05, 0) is 17.7 Å². The summed E-state index contributed by atoms with van der Waals surface area (Å²) in [5, 5.41) is 0. The molecule has 0 unspecified atom stereocenters. The normalized spacial score (nSPS) is 11.6. The first kappa shape index (κ1) is 12.7. The molecular formula is C13H16N6. The Bertz CT molecular complexity index is 598. The zero-order chi connectivity index (χ0) is 13.7. The van der Waals surface area contributed by atoms with Crippen molar-refractivity contribution in [1.29, 1.82) is 0 Å². The number of aromatic nitrogens is 2. The van der Waals surface area contributed by atoms with Gasteiger partial charge in [-0.25, -0.2) is 4.98 Å². The number of nitrogen functional groups attached to an aromatic ring is 2. The predicted octanol–water partition coefficient (Wildman–Crippen LogP) is 1.08. The molecule has 0 spiro atoms. The number of rotatable bonds is 4. The highest BCUT2D eigenvalue weighted by atomic mass is 15.0. The van der Waals surface area contributed by atoms with Crippen molar-refractivity contribution in [3.05, 3.63) is 48.8 Å². The van der Waals surface area contributed by atoms with Crippen LogP contribution in [0, 0.1) is 0 Å². The first-order valence-electron chi connectivity index (χ1n) is 5.77. The number of hydrogen-bond donors (Lipinski definition) is 3. The van der Waals surface area contributed by atoms with Gasteiger partial charge < -0.3 is 21.8 Å². The molecule has 2 rings (SSSR count). The van der Waals surface area contributed by atoms with Crippen molar-refractivity contribution >= 4 is 17.6 Å². The number of aliphatic imine (C=N–C) groups is 1. The molecule has 0 saturated carbocycles. The number of benzene rings is 1. The summed E-state index contributed by atoms with van der Waals surface area (Å²) >= 11 is 0. The lowest BCUT2D eigenvalue weighted by molar-refractivity contribution is 1.05.